The highest BCUT2D eigenvalue weighted by Gasteiger charge is 2.19. The molecule has 0 aliphatic carbocycles. The molecular formula is C10H13BrFNO. The number of benzene rings is 1. The molecule has 0 aliphatic rings. The maximum Gasteiger partial charge on any atom is 0.165 e. The number of halogens is 2. The van der Waals surface area contributed by atoms with Crippen LogP contribution in [0.15, 0.2) is 22.7 Å². The van der Waals surface area contributed by atoms with E-state index in [0.717, 1.165) is 4.47 Å². The van der Waals surface area contributed by atoms with E-state index in [1.165, 1.54) is 6.07 Å². The number of hydrogen-bond donors (Lipinski definition) is 1. The lowest BCUT2D eigenvalue weighted by Gasteiger charge is -2.24. The molecule has 0 radical (unpaired) electrons. The van der Waals surface area contributed by atoms with Gasteiger partial charge in [-0.3, -0.25) is 0 Å². The molecular weight excluding hydrogens is 249 g/mol. The molecule has 1 aromatic carbocycles. The molecule has 0 fully saturated rings. The summed E-state index contributed by atoms with van der Waals surface area (Å²) in [6.45, 7) is 3.96. The van der Waals surface area contributed by atoms with E-state index in [2.05, 4.69) is 15.9 Å². The maximum atomic E-state index is 13.2. The Morgan fingerprint density at radius 2 is 2.14 bits per heavy atom. The summed E-state index contributed by atoms with van der Waals surface area (Å²) in [5, 5.41) is 0. The van der Waals surface area contributed by atoms with E-state index < -0.39 is 5.60 Å². The summed E-state index contributed by atoms with van der Waals surface area (Å²) < 4.78 is 19.5. The Kier molecular flexibility index (Phi) is 3.50. The SMILES string of the molecule is CC(C)(CN)Oc1cc(Br)ccc1F. The Labute approximate surface area is 91.4 Å². The van der Waals surface area contributed by atoms with Crippen LogP contribution in [0.1, 0.15) is 13.8 Å². The van der Waals surface area contributed by atoms with Crippen molar-refractivity contribution in [1.29, 1.82) is 0 Å². The van der Waals surface area contributed by atoms with Crippen LogP contribution in [0.25, 0.3) is 0 Å². The van der Waals surface area contributed by atoms with Crippen LogP contribution in [-0.4, -0.2) is 12.1 Å². The predicted octanol–water partition coefficient (Wildman–Crippen LogP) is 2.70. The zero-order chi connectivity index (χ0) is 10.8. The summed E-state index contributed by atoms with van der Waals surface area (Å²) in [5.74, 6) is -0.162. The minimum absolute atomic E-state index is 0.217. The monoisotopic (exact) mass is 261 g/mol. The van der Waals surface area contributed by atoms with Crippen molar-refractivity contribution in [2.24, 2.45) is 5.73 Å². The minimum Gasteiger partial charge on any atom is -0.483 e. The van der Waals surface area contributed by atoms with Crippen molar-refractivity contribution in [2.45, 2.75) is 19.4 Å². The molecule has 78 valence electrons. The maximum absolute atomic E-state index is 13.2. The van der Waals surface area contributed by atoms with Crippen LogP contribution < -0.4 is 10.5 Å². The average molecular weight is 262 g/mol. The summed E-state index contributed by atoms with van der Waals surface area (Å²) in [7, 11) is 0. The second-order valence-electron chi connectivity index (χ2n) is 3.64. The molecule has 14 heavy (non-hydrogen) atoms. The summed E-state index contributed by atoms with van der Waals surface area (Å²) in [6, 6.07) is 4.57. The molecule has 0 bridgehead atoms. The molecule has 4 heteroatoms. The van der Waals surface area contributed by atoms with E-state index in [1.54, 1.807) is 12.1 Å². The second kappa shape index (κ2) is 4.28. The van der Waals surface area contributed by atoms with Gasteiger partial charge in [0.2, 0.25) is 0 Å². The first-order chi connectivity index (χ1) is 6.44. The molecule has 1 aromatic rings. The van der Waals surface area contributed by atoms with Gasteiger partial charge >= 0.3 is 0 Å². The van der Waals surface area contributed by atoms with Gasteiger partial charge < -0.3 is 10.5 Å². The molecule has 0 aromatic heterocycles. The van der Waals surface area contributed by atoms with Crippen molar-refractivity contribution >= 4 is 15.9 Å². The van der Waals surface area contributed by atoms with Crippen molar-refractivity contribution < 1.29 is 9.13 Å². The third kappa shape index (κ3) is 2.96. The Hall–Kier alpha value is -0.610. The Bertz CT molecular complexity index is 328. The molecule has 0 aliphatic heterocycles. The fraction of sp³-hybridized carbons (Fsp3) is 0.400. The first kappa shape index (κ1) is 11.5. The molecule has 0 unspecified atom stereocenters. The first-order valence-electron chi connectivity index (χ1n) is 4.29. The van der Waals surface area contributed by atoms with Gasteiger partial charge in [-0.25, -0.2) is 4.39 Å². The predicted molar refractivity (Wildman–Crippen MR) is 57.9 cm³/mol. The van der Waals surface area contributed by atoms with Crippen molar-refractivity contribution in [3.05, 3.63) is 28.5 Å². The topological polar surface area (TPSA) is 35.2 Å². The molecule has 2 nitrogen and oxygen atoms in total. The zero-order valence-corrected chi connectivity index (χ0v) is 9.77. The Morgan fingerprint density at radius 3 is 2.71 bits per heavy atom. The van der Waals surface area contributed by atoms with Crippen molar-refractivity contribution in [2.75, 3.05) is 6.54 Å². The van der Waals surface area contributed by atoms with Crippen LogP contribution >= 0.6 is 15.9 Å². The third-order valence-electron chi connectivity index (χ3n) is 1.77. The fourth-order valence-electron chi connectivity index (χ4n) is 0.895. The zero-order valence-electron chi connectivity index (χ0n) is 8.18. The van der Waals surface area contributed by atoms with Crippen molar-refractivity contribution in [3.8, 4) is 5.75 Å². The highest BCUT2D eigenvalue weighted by molar-refractivity contribution is 9.10. The van der Waals surface area contributed by atoms with Gasteiger partial charge in [-0.05, 0) is 32.0 Å². The van der Waals surface area contributed by atoms with E-state index in [9.17, 15) is 4.39 Å². The van der Waals surface area contributed by atoms with E-state index in [0.29, 0.717) is 6.54 Å². The lowest BCUT2D eigenvalue weighted by molar-refractivity contribution is 0.112. The molecule has 0 atom stereocenters. The standard InChI is InChI=1S/C10H13BrFNO/c1-10(2,6-13)14-9-5-7(11)3-4-8(9)12/h3-5H,6,13H2,1-2H3. The van der Waals surface area contributed by atoms with E-state index in [-0.39, 0.29) is 11.6 Å². The Balaban J connectivity index is 2.91. The van der Waals surface area contributed by atoms with Crippen LogP contribution in [0.4, 0.5) is 4.39 Å². The molecule has 0 saturated carbocycles. The van der Waals surface area contributed by atoms with Gasteiger partial charge in [0, 0.05) is 11.0 Å². The van der Waals surface area contributed by atoms with Gasteiger partial charge in [-0.2, -0.15) is 0 Å². The van der Waals surface area contributed by atoms with E-state index in [1.807, 2.05) is 13.8 Å². The van der Waals surface area contributed by atoms with Crippen molar-refractivity contribution in [3.63, 3.8) is 0 Å². The number of nitrogens with two attached hydrogens (primary N) is 1. The van der Waals surface area contributed by atoms with Crippen LogP contribution in [0.3, 0.4) is 0 Å². The molecule has 0 amide bonds. The van der Waals surface area contributed by atoms with Gasteiger partial charge in [-0.1, -0.05) is 15.9 Å². The third-order valence-corrected chi connectivity index (χ3v) is 2.26. The lowest BCUT2D eigenvalue weighted by Crippen LogP contribution is -2.37. The number of rotatable bonds is 3. The van der Waals surface area contributed by atoms with E-state index in [4.69, 9.17) is 10.5 Å². The smallest absolute Gasteiger partial charge is 0.165 e. The summed E-state index contributed by atoms with van der Waals surface area (Å²) in [5.41, 5.74) is 4.93. The Morgan fingerprint density at radius 1 is 1.50 bits per heavy atom. The van der Waals surface area contributed by atoms with Gasteiger partial charge in [0.25, 0.3) is 0 Å². The average Bonchev–Trinajstić information content (AvgIpc) is 2.11. The minimum atomic E-state index is -0.554. The highest BCUT2D eigenvalue weighted by Crippen LogP contribution is 2.25. The molecule has 1 rings (SSSR count). The van der Waals surface area contributed by atoms with Gasteiger partial charge in [0.1, 0.15) is 5.60 Å². The number of ether oxygens (including phenoxy) is 1. The fourth-order valence-corrected chi connectivity index (χ4v) is 1.23. The molecule has 2 N–H and O–H groups in total. The van der Waals surface area contributed by atoms with Crippen molar-refractivity contribution in [1.82, 2.24) is 0 Å². The van der Waals surface area contributed by atoms with Crippen LogP contribution in [0.5, 0.6) is 5.75 Å². The normalized spacial score (nSPS) is 11.5. The summed E-state index contributed by atoms with van der Waals surface area (Å²) >= 11 is 3.25. The summed E-state index contributed by atoms with van der Waals surface area (Å²) in [6.07, 6.45) is 0. The second-order valence-corrected chi connectivity index (χ2v) is 4.56. The molecule has 0 saturated heterocycles. The molecule has 0 heterocycles. The van der Waals surface area contributed by atoms with Crippen LogP contribution in [0, 0.1) is 5.82 Å². The van der Waals surface area contributed by atoms with Gasteiger partial charge in [0.15, 0.2) is 11.6 Å². The lowest BCUT2D eigenvalue weighted by atomic mass is 10.1. The van der Waals surface area contributed by atoms with Crippen LogP contribution in [-0.2, 0) is 0 Å². The quantitative estimate of drug-likeness (QED) is 0.908. The highest BCUT2D eigenvalue weighted by atomic mass is 79.9. The summed E-state index contributed by atoms with van der Waals surface area (Å²) in [4.78, 5) is 0. The van der Waals surface area contributed by atoms with Gasteiger partial charge in [-0.15, -0.1) is 0 Å². The number of hydrogen-bond acceptors (Lipinski definition) is 2. The van der Waals surface area contributed by atoms with E-state index >= 15 is 0 Å². The first-order valence-corrected chi connectivity index (χ1v) is 5.08. The van der Waals surface area contributed by atoms with Crippen LogP contribution in [0.2, 0.25) is 0 Å². The largest absolute Gasteiger partial charge is 0.483 e. The van der Waals surface area contributed by atoms with Gasteiger partial charge in [0.05, 0.1) is 0 Å². The molecule has 0 spiro atoms.